The fourth-order valence-corrected chi connectivity index (χ4v) is 1.76. The first-order valence-electron chi connectivity index (χ1n) is 3.93. The van der Waals surface area contributed by atoms with E-state index in [1.54, 1.807) is 19.1 Å². The predicted octanol–water partition coefficient (Wildman–Crippen LogP) is 2.36. The summed E-state index contributed by atoms with van der Waals surface area (Å²) in [5, 5.41) is 0. The summed E-state index contributed by atoms with van der Waals surface area (Å²) >= 11 is 3.25. The van der Waals surface area contributed by atoms with E-state index in [2.05, 4.69) is 20.7 Å². The molecule has 0 saturated carbocycles. The Labute approximate surface area is 90.2 Å². The quantitative estimate of drug-likeness (QED) is 0.603. The van der Waals surface area contributed by atoms with Crippen LogP contribution < -0.4 is 0 Å². The first kappa shape index (κ1) is 10.9. The summed E-state index contributed by atoms with van der Waals surface area (Å²) < 4.78 is 5.32. The van der Waals surface area contributed by atoms with Gasteiger partial charge in [0.05, 0.1) is 12.7 Å². The summed E-state index contributed by atoms with van der Waals surface area (Å²) in [5.74, 6) is -0.503. The molecular weight excluding hydrogens is 248 g/mol. The van der Waals surface area contributed by atoms with Gasteiger partial charge in [-0.25, -0.2) is 4.79 Å². The van der Waals surface area contributed by atoms with Crippen LogP contribution in [0.3, 0.4) is 0 Å². The minimum Gasteiger partial charge on any atom is -0.465 e. The van der Waals surface area contributed by atoms with E-state index >= 15 is 0 Å². The molecule has 0 radical (unpaired) electrons. The average molecular weight is 257 g/mol. The van der Waals surface area contributed by atoms with Gasteiger partial charge in [-0.3, -0.25) is 4.79 Å². The smallest absolute Gasteiger partial charge is 0.338 e. The van der Waals surface area contributed by atoms with Gasteiger partial charge in [0.1, 0.15) is 0 Å². The molecule has 1 aromatic rings. The van der Waals surface area contributed by atoms with Crippen molar-refractivity contribution < 1.29 is 14.3 Å². The molecule has 14 heavy (non-hydrogen) atoms. The van der Waals surface area contributed by atoms with Crippen LogP contribution in [0.1, 0.15) is 26.3 Å². The number of ether oxygens (including phenoxy) is 1. The van der Waals surface area contributed by atoms with Crippen molar-refractivity contribution in [1.29, 1.82) is 0 Å². The second-order valence-electron chi connectivity index (χ2n) is 2.79. The Morgan fingerprint density at radius 1 is 1.50 bits per heavy atom. The SMILES string of the molecule is COC(=O)c1cc(Br)cc(C)c1C=O. The van der Waals surface area contributed by atoms with Crippen LogP contribution in [0.4, 0.5) is 0 Å². The van der Waals surface area contributed by atoms with Crippen molar-refractivity contribution in [3.05, 3.63) is 33.3 Å². The van der Waals surface area contributed by atoms with Gasteiger partial charge in [-0.1, -0.05) is 15.9 Å². The van der Waals surface area contributed by atoms with E-state index in [0.717, 1.165) is 10.0 Å². The molecule has 0 aliphatic carbocycles. The maximum atomic E-state index is 11.3. The lowest BCUT2D eigenvalue weighted by atomic mass is 10.0. The molecular formula is C10H9BrO3. The van der Waals surface area contributed by atoms with Crippen molar-refractivity contribution in [2.45, 2.75) is 6.92 Å². The van der Waals surface area contributed by atoms with Crippen LogP contribution in [0.2, 0.25) is 0 Å². The highest BCUT2D eigenvalue weighted by atomic mass is 79.9. The molecule has 0 aliphatic heterocycles. The molecule has 0 N–H and O–H groups in total. The average Bonchev–Trinajstić information content (AvgIpc) is 2.15. The summed E-state index contributed by atoms with van der Waals surface area (Å²) in [5.41, 5.74) is 1.41. The van der Waals surface area contributed by atoms with Crippen molar-refractivity contribution in [3.63, 3.8) is 0 Å². The van der Waals surface area contributed by atoms with Gasteiger partial charge >= 0.3 is 5.97 Å². The minimum atomic E-state index is -0.503. The number of benzene rings is 1. The molecule has 0 unspecified atom stereocenters. The van der Waals surface area contributed by atoms with E-state index in [1.165, 1.54) is 7.11 Å². The highest BCUT2D eigenvalue weighted by molar-refractivity contribution is 9.10. The Balaban J connectivity index is 3.39. The topological polar surface area (TPSA) is 43.4 Å². The molecule has 0 saturated heterocycles. The zero-order chi connectivity index (χ0) is 10.7. The molecule has 74 valence electrons. The van der Waals surface area contributed by atoms with Crippen molar-refractivity contribution in [2.24, 2.45) is 0 Å². The summed E-state index contributed by atoms with van der Waals surface area (Å²) in [6, 6.07) is 3.35. The number of halogens is 1. The standard InChI is InChI=1S/C10H9BrO3/c1-6-3-7(11)4-8(9(6)5-12)10(13)14-2/h3-5H,1-2H3. The van der Waals surface area contributed by atoms with Gasteiger partial charge in [-0.15, -0.1) is 0 Å². The Morgan fingerprint density at radius 3 is 2.64 bits per heavy atom. The maximum absolute atomic E-state index is 11.3. The van der Waals surface area contributed by atoms with Gasteiger partial charge in [0.25, 0.3) is 0 Å². The summed E-state index contributed by atoms with van der Waals surface area (Å²) in [6.45, 7) is 1.76. The number of carbonyl (C=O) groups excluding carboxylic acids is 2. The van der Waals surface area contributed by atoms with Crippen LogP contribution in [0.5, 0.6) is 0 Å². The summed E-state index contributed by atoms with van der Waals surface area (Å²) in [4.78, 5) is 22.1. The van der Waals surface area contributed by atoms with Gasteiger partial charge in [0, 0.05) is 10.0 Å². The maximum Gasteiger partial charge on any atom is 0.338 e. The van der Waals surface area contributed by atoms with E-state index in [9.17, 15) is 9.59 Å². The zero-order valence-corrected chi connectivity index (χ0v) is 9.42. The molecule has 4 heteroatoms. The number of rotatable bonds is 2. The highest BCUT2D eigenvalue weighted by Gasteiger charge is 2.14. The third-order valence-electron chi connectivity index (χ3n) is 1.87. The van der Waals surface area contributed by atoms with Crippen LogP contribution in [0.15, 0.2) is 16.6 Å². The van der Waals surface area contributed by atoms with Crippen LogP contribution >= 0.6 is 15.9 Å². The number of aryl methyl sites for hydroxylation is 1. The lowest BCUT2D eigenvalue weighted by molar-refractivity contribution is 0.0598. The molecule has 1 aromatic carbocycles. The zero-order valence-electron chi connectivity index (χ0n) is 7.83. The fourth-order valence-electron chi connectivity index (χ4n) is 1.19. The number of aldehydes is 1. The first-order valence-corrected chi connectivity index (χ1v) is 4.73. The molecule has 0 atom stereocenters. The number of hydrogen-bond donors (Lipinski definition) is 0. The molecule has 0 amide bonds. The van der Waals surface area contributed by atoms with Gasteiger partial charge in [0.2, 0.25) is 0 Å². The van der Waals surface area contributed by atoms with Crippen molar-refractivity contribution in [2.75, 3.05) is 7.11 Å². The van der Waals surface area contributed by atoms with Gasteiger partial charge in [-0.05, 0) is 24.6 Å². The van der Waals surface area contributed by atoms with E-state index in [-0.39, 0.29) is 5.56 Å². The van der Waals surface area contributed by atoms with Crippen molar-refractivity contribution >= 4 is 28.2 Å². The van der Waals surface area contributed by atoms with Crippen LogP contribution in [0, 0.1) is 6.92 Å². The monoisotopic (exact) mass is 256 g/mol. The lowest BCUT2D eigenvalue weighted by Crippen LogP contribution is -2.06. The number of carbonyl (C=O) groups is 2. The molecule has 1 rings (SSSR count). The molecule has 3 nitrogen and oxygen atoms in total. The van der Waals surface area contributed by atoms with E-state index in [0.29, 0.717) is 11.8 Å². The highest BCUT2D eigenvalue weighted by Crippen LogP contribution is 2.20. The van der Waals surface area contributed by atoms with E-state index in [4.69, 9.17) is 0 Å². The second kappa shape index (κ2) is 4.37. The molecule has 0 bridgehead atoms. The normalized spacial score (nSPS) is 9.64. The van der Waals surface area contributed by atoms with Crippen LogP contribution in [0.25, 0.3) is 0 Å². The number of hydrogen-bond acceptors (Lipinski definition) is 3. The third-order valence-corrected chi connectivity index (χ3v) is 2.33. The molecule has 0 fully saturated rings. The van der Waals surface area contributed by atoms with E-state index in [1.807, 2.05) is 0 Å². The van der Waals surface area contributed by atoms with E-state index < -0.39 is 5.97 Å². The Hall–Kier alpha value is -1.16. The first-order chi connectivity index (χ1) is 6.60. The van der Waals surface area contributed by atoms with Gasteiger partial charge < -0.3 is 4.74 Å². The fraction of sp³-hybridized carbons (Fsp3) is 0.200. The molecule has 0 aliphatic rings. The minimum absolute atomic E-state index is 0.286. The molecule has 0 spiro atoms. The molecule has 0 aromatic heterocycles. The van der Waals surface area contributed by atoms with Crippen molar-refractivity contribution in [3.8, 4) is 0 Å². The molecule has 0 heterocycles. The van der Waals surface area contributed by atoms with Gasteiger partial charge in [0.15, 0.2) is 6.29 Å². The largest absolute Gasteiger partial charge is 0.465 e. The summed E-state index contributed by atoms with van der Waals surface area (Å²) in [7, 11) is 1.28. The lowest BCUT2D eigenvalue weighted by Gasteiger charge is -2.06. The van der Waals surface area contributed by atoms with Crippen molar-refractivity contribution in [1.82, 2.24) is 0 Å². The number of esters is 1. The van der Waals surface area contributed by atoms with Gasteiger partial charge in [-0.2, -0.15) is 0 Å². The third kappa shape index (κ3) is 2.01. The Bertz CT molecular complexity index is 385. The second-order valence-corrected chi connectivity index (χ2v) is 3.71. The van der Waals surface area contributed by atoms with Crippen LogP contribution in [-0.4, -0.2) is 19.4 Å². The Morgan fingerprint density at radius 2 is 2.14 bits per heavy atom. The Kier molecular flexibility index (Phi) is 3.41. The predicted molar refractivity (Wildman–Crippen MR) is 55.6 cm³/mol. The summed E-state index contributed by atoms with van der Waals surface area (Å²) in [6.07, 6.45) is 0.661. The van der Waals surface area contributed by atoms with Crippen LogP contribution in [-0.2, 0) is 4.74 Å². The number of methoxy groups -OCH3 is 1.